The number of nitrogens with one attached hydrogen (secondary N) is 2. The fourth-order valence-corrected chi connectivity index (χ4v) is 3.86. The van der Waals surface area contributed by atoms with E-state index in [1.807, 2.05) is 43.1 Å². The Balaban J connectivity index is 1.68. The molecule has 0 bridgehead atoms. The van der Waals surface area contributed by atoms with Gasteiger partial charge in [0, 0.05) is 44.3 Å². The third kappa shape index (κ3) is 6.90. The lowest BCUT2D eigenvalue weighted by molar-refractivity contribution is -0.145. The normalized spacial score (nSPS) is 13.2. The number of carbonyl (C=O) groups excluding carboxylic acids is 2. The Morgan fingerprint density at radius 2 is 1.76 bits per heavy atom. The zero-order chi connectivity index (χ0) is 24.0. The van der Waals surface area contributed by atoms with E-state index in [9.17, 15) is 14.0 Å². The average molecular weight is 476 g/mol. The van der Waals surface area contributed by atoms with E-state index < -0.39 is 5.82 Å². The van der Waals surface area contributed by atoms with Gasteiger partial charge in [-0.2, -0.15) is 0 Å². The number of hydrazine groups is 1. The van der Waals surface area contributed by atoms with Gasteiger partial charge in [0.2, 0.25) is 5.91 Å². The van der Waals surface area contributed by atoms with Crippen molar-refractivity contribution in [3.63, 3.8) is 0 Å². The maximum absolute atomic E-state index is 14.6. The van der Waals surface area contributed by atoms with E-state index in [1.165, 1.54) is 34.2 Å². The van der Waals surface area contributed by atoms with Crippen molar-refractivity contribution in [2.75, 3.05) is 38.1 Å². The molecule has 2 N–H and O–H groups in total. The molecule has 1 aliphatic heterocycles. The van der Waals surface area contributed by atoms with E-state index in [0.29, 0.717) is 37.2 Å². The quantitative estimate of drug-likeness (QED) is 0.517. The van der Waals surface area contributed by atoms with E-state index >= 15 is 0 Å². The van der Waals surface area contributed by atoms with E-state index in [1.54, 1.807) is 12.1 Å². The number of benzene rings is 2. The minimum Gasteiger partial charge on any atom is -0.353 e. The van der Waals surface area contributed by atoms with Crippen LogP contribution in [0.5, 0.6) is 0 Å². The van der Waals surface area contributed by atoms with E-state index in [-0.39, 0.29) is 30.6 Å². The minimum absolute atomic E-state index is 0.115. The zero-order valence-corrected chi connectivity index (χ0v) is 20.0. The highest BCUT2D eigenvalue weighted by atomic mass is 35.5. The average Bonchev–Trinajstić information content (AvgIpc) is 3.21. The monoisotopic (exact) mass is 475 g/mol. The Morgan fingerprint density at radius 3 is 2.39 bits per heavy atom. The van der Waals surface area contributed by atoms with Gasteiger partial charge in [0.05, 0.1) is 18.8 Å². The Morgan fingerprint density at radius 1 is 1.09 bits per heavy atom. The van der Waals surface area contributed by atoms with Crippen molar-refractivity contribution in [2.24, 2.45) is 0 Å². The number of amides is 2. The van der Waals surface area contributed by atoms with Crippen LogP contribution in [0.1, 0.15) is 25.0 Å². The smallest absolute Gasteiger partial charge is 0.256 e. The van der Waals surface area contributed by atoms with Gasteiger partial charge in [-0.3, -0.25) is 14.6 Å². The molecule has 2 amide bonds. The van der Waals surface area contributed by atoms with Crippen LogP contribution >= 0.6 is 11.6 Å². The molecule has 0 saturated carbocycles. The predicted molar refractivity (Wildman–Crippen MR) is 128 cm³/mol. The number of hydrogen-bond acceptors (Lipinski definition) is 5. The van der Waals surface area contributed by atoms with Crippen molar-refractivity contribution in [3.8, 4) is 0 Å². The Labute approximate surface area is 199 Å². The summed E-state index contributed by atoms with van der Waals surface area (Å²) in [5, 5.41) is 9.82. The van der Waals surface area contributed by atoms with Crippen LogP contribution in [0.15, 0.2) is 42.5 Å². The summed E-state index contributed by atoms with van der Waals surface area (Å²) in [6.07, 6.45) is 0. The van der Waals surface area contributed by atoms with Crippen LogP contribution in [-0.2, 0) is 22.7 Å². The number of fused-ring (bicyclic) bond motifs is 1. The number of anilines is 1. The van der Waals surface area contributed by atoms with Gasteiger partial charge in [-0.05, 0) is 29.3 Å². The van der Waals surface area contributed by atoms with E-state index in [0.717, 1.165) is 0 Å². The third-order valence-corrected chi connectivity index (χ3v) is 5.75. The van der Waals surface area contributed by atoms with Crippen molar-refractivity contribution in [3.05, 3.63) is 64.4 Å². The molecule has 0 atom stereocenters. The predicted octanol–water partition coefficient (Wildman–Crippen LogP) is 2.79. The topological polar surface area (TPSA) is 67.9 Å². The Bertz CT molecular complexity index is 962. The lowest BCUT2D eigenvalue weighted by atomic mass is 10.1. The summed E-state index contributed by atoms with van der Waals surface area (Å²) in [6.45, 7) is 5.99. The summed E-state index contributed by atoms with van der Waals surface area (Å²) in [4.78, 5) is 27.1. The maximum Gasteiger partial charge on any atom is 0.256 e. The van der Waals surface area contributed by atoms with Crippen LogP contribution in [0.3, 0.4) is 0 Å². The number of carbonyl (C=O) groups is 2. The van der Waals surface area contributed by atoms with Crippen molar-refractivity contribution >= 4 is 29.1 Å². The molecular weight excluding hydrogens is 445 g/mol. The van der Waals surface area contributed by atoms with Crippen LogP contribution in [0.4, 0.5) is 10.1 Å². The maximum atomic E-state index is 14.6. The lowest BCUT2D eigenvalue weighted by Gasteiger charge is -2.31. The molecule has 2 aromatic carbocycles. The first-order valence-corrected chi connectivity index (χ1v) is 11.4. The molecule has 9 heteroatoms. The SMILES string of the molecule is CC(C)NCCNC(=O)CN(CC(=O)N(C)N1Cc2ccccc2C1)c1cc(Cl)ccc1F. The van der Waals surface area contributed by atoms with Gasteiger partial charge in [-0.15, -0.1) is 0 Å². The van der Waals surface area contributed by atoms with Gasteiger partial charge in [0.1, 0.15) is 5.82 Å². The highest BCUT2D eigenvalue weighted by molar-refractivity contribution is 6.30. The number of hydrogen-bond donors (Lipinski definition) is 2. The molecule has 1 aliphatic rings. The molecule has 0 saturated heterocycles. The first-order valence-electron chi connectivity index (χ1n) is 11.0. The molecule has 0 aliphatic carbocycles. The van der Waals surface area contributed by atoms with Crippen LogP contribution in [0, 0.1) is 5.82 Å². The van der Waals surface area contributed by atoms with Gasteiger partial charge in [0.15, 0.2) is 0 Å². The second kappa shape index (κ2) is 11.4. The van der Waals surface area contributed by atoms with Gasteiger partial charge < -0.3 is 15.5 Å². The first kappa shape index (κ1) is 25.0. The first-order chi connectivity index (χ1) is 15.7. The summed E-state index contributed by atoms with van der Waals surface area (Å²) < 4.78 is 14.6. The number of likely N-dealkylation sites (N-methyl/N-ethyl adjacent to an activating group) is 1. The molecule has 0 fully saturated rings. The standard InChI is InChI=1S/C24H31ClFN5O2/c1-17(2)27-10-11-28-23(32)15-30(22-12-20(25)8-9-21(22)26)16-24(33)29(3)31-13-18-6-4-5-7-19(18)14-31/h4-9,12,17,27H,10-11,13-16H2,1-3H3,(H,28,32). The number of halogens is 2. The zero-order valence-electron chi connectivity index (χ0n) is 19.3. The van der Waals surface area contributed by atoms with Gasteiger partial charge >= 0.3 is 0 Å². The molecule has 3 rings (SSSR count). The molecule has 2 aromatic rings. The molecule has 33 heavy (non-hydrogen) atoms. The van der Waals surface area contributed by atoms with Gasteiger partial charge in [-0.1, -0.05) is 49.7 Å². The third-order valence-electron chi connectivity index (χ3n) is 5.52. The van der Waals surface area contributed by atoms with Crippen molar-refractivity contribution in [1.29, 1.82) is 0 Å². The summed E-state index contributed by atoms with van der Waals surface area (Å²) in [7, 11) is 1.69. The number of rotatable bonds is 10. The summed E-state index contributed by atoms with van der Waals surface area (Å²) in [5.41, 5.74) is 2.46. The Kier molecular flexibility index (Phi) is 8.66. The molecule has 0 radical (unpaired) electrons. The molecule has 0 unspecified atom stereocenters. The van der Waals surface area contributed by atoms with Crippen molar-refractivity contribution in [1.82, 2.24) is 20.7 Å². The van der Waals surface area contributed by atoms with Crippen LogP contribution in [-0.4, -0.2) is 61.1 Å². The van der Waals surface area contributed by atoms with E-state index in [2.05, 4.69) is 10.6 Å². The van der Waals surface area contributed by atoms with Gasteiger partial charge in [-0.25, -0.2) is 9.40 Å². The molecule has 7 nitrogen and oxygen atoms in total. The van der Waals surface area contributed by atoms with Crippen LogP contribution < -0.4 is 15.5 Å². The Hall–Kier alpha value is -2.68. The molecule has 0 aromatic heterocycles. The van der Waals surface area contributed by atoms with Crippen LogP contribution in [0.2, 0.25) is 5.02 Å². The second-order valence-corrected chi connectivity index (χ2v) is 8.86. The highest BCUT2D eigenvalue weighted by Gasteiger charge is 2.27. The molecule has 1 heterocycles. The summed E-state index contributed by atoms with van der Waals surface area (Å²) in [6, 6.07) is 12.4. The second-order valence-electron chi connectivity index (χ2n) is 8.42. The van der Waals surface area contributed by atoms with Crippen molar-refractivity contribution < 1.29 is 14.0 Å². The summed E-state index contributed by atoms with van der Waals surface area (Å²) >= 11 is 6.08. The minimum atomic E-state index is -0.544. The van der Waals surface area contributed by atoms with Crippen LogP contribution in [0.25, 0.3) is 0 Å². The fraction of sp³-hybridized carbons (Fsp3) is 0.417. The fourth-order valence-electron chi connectivity index (χ4n) is 3.70. The lowest BCUT2D eigenvalue weighted by Crippen LogP contribution is -2.48. The van der Waals surface area contributed by atoms with Crippen molar-refractivity contribution in [2.45, 2.75) is 33.0 Å². The highest BCUT2D eigenvalue weighted by Crippen LogP contribution is 2.25. The van der Waals surface area contributed by atoms with E-state index in [4.69, 9.17) is 11.6 Å². The molecule has 0 spiro atoms. The molecule has 178 valence electrons. The largest absolute Gasteiger partial charge is 0.353 e. The number of nitrogens with zero attached hydrogens (tertiary/aromatic N) is 3. The van der Waals surface area contributed by atoms with Gasteiger partial charge in [0.25, 0.3) is 5.91 Å². The molecular formula is C24H31ClFN5O2. The summed E-state index contributed by atoms with van der Waals surface area (Å²) in [5.74, 6) is -1.10.